The molecule has 0 spiro atoms. The van der Waals surface area contributed by atoms with Crippen molar-refractivity contribution < 1.29 is 28.5 Å². The van der Waals surface area contributed by atoms with Gasteiger partial charge in [-0.05, 0) is 43.2 Å². The number of allylic oxidation sites excluding steroid dienone is 1. The fourth-order valence-electron chi connectivity index (χ4n) is 2.75. The highest BCUT2D eigenvalue weighted by Crippen LogP contribution is 2.32. The number of hydrogen-bond donors (Lipinski definition) is 0. The van der Waals surface area contributed by atoms with Gasteiger partial charge in [-0.2, -0.15) is 0 Å². The van der Waals surface area contributed by atoms with Crippen molar-refractivity contribution in [1.29, 1.82) is 0 Å². The average Bonchev–Trinajstić information content (AvgIpc) is 2.49. The van der Waals surface area contributed by atoms with E-state index in [1.807, 2.05) is 0 Å². The summed E-state index contributed by atoms with van der Waals surface area (Å²) in [5.74, 6) is 0. The van der Waals surface area contributed by atoms with Crippen LogP contribution in [0.2, 0.25) is 0 Å². The first-order chi connectivity index (χ1) is 10.2. The molecule has 0 saturated carbocycles. The number of pyridine rings is 1. The van der Waals surface area contributed by atoms with Crippen LogP contribution in [0.3, 0.4) is 0 Å². The third-order valence-electron chi connectivity index (χ3n) is 3.93. The van der Waals surface area contributed by atoms with Crippen LogP contribution in [0.4, 0.5) is 5.69 Å². The Labute approximate surface area is 149 Å². The van der Waals surface area contributed by atoms with E-state index in [4.69, 9.17) is 0 Å². The van der Waals surface area contributed by atoms with Crippen LogP contribution in [0.25, 0.3) is 12.2 Å². The van der Waals surface area contributed by atoms with E-state index in [0.717, 1.165) is 6.54 Å². The molecule has 1 aromatic carbocycles. The number of nitrogens with zero attached hydrogens (tertiary/aromatic N) is 2. The standard InChI is InChI=1S/C19H21N2.HI/c1-4-21-18(14-17-7-5-6-12-20(17)3)11-10-16-9-8-15(2)13-19(16)21;/h5-14H,4H2,1-3H3;1H/q+1;/p-1. The highest BCUT2D eigenvalue weighted by molar-refractivity contribution is 5.79. The minimum absolute atomic E-state index is 0. The van der Waals surface area contributed by atoms with Crippen molar-refractivity contribution in [1.82, 2.24) is 0 Å². The van der Waals surface area contributed by atoms with Gasteiger partial charge in [0.05, 0.1) is 0 Å². The molecule has 22 heavy (non-hydrogen) atoms. The second-order valence-corrected chi connectivity index (χ2v) is 5.45. The van der Waals surface area contributed by atoms with E-state index < -0.39 is 0 Å². The highest BCUT2D eigenvalue weighted by Gasteiger charge is 2.17. The number of halogens is 1. The number of aromatic nitrogens is 1. The Morgan fingerprint density at radius 2 is 1.95 bits per heavy atom. The molecule has 1 aromatic heterocycles. The molecule has 0 saturated heterocycles. The lowest BCUT2D eigenvalue weighted by molar-refractivity contribution is -0.673. The molecule has 0 atom stereocenters. The van der Waals surface area contributed by atoms with E-state index in [1.165, 1.54) is 28.2 Å². The zero-order chi connectivity index (χ0) is 14.8. The Morgan fingerprint density at radius 3 is 2.68 bits per heavy atom. The molecule has 1 aliphatic rings. The van der Waals surface area contributed by atoms with Crippen molar-refractivity contribution in [2.75, 3.05) is 11.4 Å². The molecule has 0 unspecified atom stereocenters. The first kappa shape index (κ1) is 16.7. The lowest BCUT2D eigenvalue weighted by Crippen LogP contribution is -3.00. The SMILES string of the molecule is CCN1/C(=C/c2cccc[n+]2C)C=Cc2ccc(C)cc21.[I-]. The lowest BCUT2D eigenvalue weighted by atomic mass is 10.0. The third kappa shape index (κ3) is 3.24. The van der Waals surface area contributed by atoms with Crippen LogP contribution in [-0.4, -0.2) is 6.54 Å². The van der Waals surface area contributed by atoms with Gasteiger partial charge in [-0.1, -0.05) is 18.2 Å². The van der Waals surface area contributed by atoms with Gasteiger partial charge in [0.1, 0.15) is 7.05 Å². The number of hydrogen-bond acceptors (Lipinski definition) is 1. The van der Waals surface area contributed by atoms with Crippen LogP contribution >= 0.6 is 0 Å². The molecule has 3 heteroatoms. The van der Waals surface area contributed by atoms with Gasteiger partial charge in [0.15, 0.2) is 6.20 Å². The van der Waals surface area contributed by atoms with Gasteiger partial charge in [-0.15, -0.1) is 0 Å². The first-order valence-corrected chi connectivity index (χ1v) is 7.41. The van der Waals surface area contributed by atoms with Gasteiger partial charge in [-0.25, -0.2) is 4.57 Å². The Balaban J connectivity index is 0.00000176. The zero-order valence-corrected chi connectivity index (χ0v) is 15.4. The number of anilines is 1. The smallest absolute Gasteiger partial charge is 0.207 e. The van der Waals surface area contributed by atoms with Crippen LogP contribution in [0, 0.1) is 6.92 Å². The maximum atomic E-state index is 2.37. The minimum Gasteiger partial charge on any atom is -1.00 e. The summed E-state index contributed by atoms with van der Waals surface area (Å²) in [6.07, 6.45) is 8.72. The summed E-state index contributed by atoms with van der Waals surface area (Å²) in [5.41, 5.74) is 6.32. The van der Waals surface area contributed by atoms with Crippen LogP contribution < -0.4 is 33.4 Å². The van der Waals surface area contributed by atoms with Crippen LogP contribution in [-0.2, 0) is 7.05 Å². The predicted molar refractivity (Wildman–Crippen MR) is 88.8 cm³/mol. The molecule has 2 nitrogen and oxygen atoms in total. The second kappa shape index (κ2) is 7.09. The van der Waals surface area contributed by atoms with E-state index in [1.54, 1.807) is 0 Å². The molecule has 0 radical (unpaired) electrons. The number of aryl methyl sites for hydroxylation is 2. The summed E-state index contributed by atoms with van der Waals surface area (Å²) in [6.45, 7) is 5.31. The first-order valence-electron chi connectivity index (χ1n) is 7.41. The van der Waals surface area contributed by atoms with E-state index in [-0.39, 0.29) is 24.0 Å². The van der Waals surface area contributed by atoms with Crippen LogP contribution in [0.5, 0.6) is 0 Å². The lowest BCUT2D eigenvalue weighted by Gasteiger charge is -2.29. The molecule has 2 heterocycles. The van der Waals surface area contributed by atoms with Crippen molar-refractivity contribution >= 4 is 17.8 Å². The largest absolute Gasteiger partial charge is 1.00 e. The molecule has 114 valence electrons. The summed E-state index contributed by atoms with van der Waals surface area (Å²) in [7, 11) is 2.08. The summed E-state index contributed by atoms with van der Waals surface area (Å²) in [4.78, 5) is 2.37. The third-order valence-corrected chi connectivity index (χ3v) is 3.93. The van der Waals surface area contributed by atoms with E-state index in [2.05, 4.69) is 91.2 Å². The van der Waals surface area contributed by atoms with Crippen molar-refractivity contribution in [3.63, 3.8) is 0 Å². The van der Waals surface area contributed by atoms with Crippen molar-refractivity contribution in [2.45, 2.75) is 13.8 Å². The molecule has 0 amide bonds. The van der Waals surface area contributed by atoms with Gasteiger partial charge >= 0.3 is 0 Å². The Bertz CT molecular complexity index is 732. The molecular formula is C19H21IN2. The van der Waals surface area contributed by atoms with Crippen molar-refractivity contribution in [3.8, 4) is 0 Å². The van der Waals surface area contributed by atoms with E-state index in [9.17, 15) is 0 Å². The average molecular weight is 404 g/mol. The Kier molecular flexibility index (Phi) is 5.40. The van der Waals surface area contributed by atoms with Gasteiger partial charge in [0, 0.05) is 36.1 Å². The molecule has 3 rings (SSSR count). The van der Waals surface area contributed by atoms with Gasteiger partial charge in [0.2, 0.25) is 5.69 Å². The number of benzene rings is 1. The van der Waals surface area contributed by atoms with E-state index >= 15 is 0 Å². The quantitative estimate of drug-likeness (QED) is 0.529. The maximum Gasteiger partial charge on any atom is 0.207 e. The molecular weight excluding hydrogens is 383 g/mol. The topological polar surface area (TPSA) is 7.12 Å². The fourth-order valence-corrected chi connectivity index (χ4v) is 2.75. The molecule has 0 aliphatic carbocycles. The van der Waals surface area contributed by atoms with Crippen molar-refractivity contribution in [3.05, 3.63) is 71.2 Å². The number of fused-ring (bicyclic) bond motifs is 1. The fraction of sp³-hybridized carbons (Fsp3) is 0.211. The summed E-state index contributed by atoms with van der Waals surface area (Å²) in [6, 6.07) is 12.9. The summed E-state index contributed by atoms with van der Waals surface area (Å²) < 4.78 is 2.14. The second-order valence-electron chi connectivity index (χ2n) is 5.45. The highest BCUT2D eigenvalue weighted by atomic mass is 127. The molecule has 0 N–H and O–H groups in total. The number of rotatable bonds is 2. The van der Waals surface area contributed by atoms with Crippen LogP contribution in [0.15, 0.2) is 54.4 Å². The van der Waals surface area contributed by atoms with Gasteiger partial charge in [-0.3, -0.25) is 0 Å². The van der Waals surface area contributed by atoms with Crippen molar-refractivity contribution in [2.24, 2.45) is 7.05 Å². The number of likely N-dealkylation sites (N-methyl/N-ethyl adjacent to an activating group) is 1. The van der Waals surface area contributed by atoms with Crippen LogP contribution in [0.1, 0.15) is 23.7 Å². The monoisotopic (exact) mass is 404 g/mol. The molecule has 2 aromatic rings. The van der Waals surface area contributed by atoms with E-state index in [0.29, 0.717) is 0 Å². The summed E-state index contributed by atoms with van der Waals surface area (Å²) in [5, 5.41) is 0. The molecule has 1 aliphatic heterocycles. The van der Waals surface area contributed by atoms with Gasteiger partial charge < -0.3 is 28.9 Å². The Hall–Kier alpha value is -1.62. The predicted octanol–water partition coefficient (Wildman–Crippen LogP) is 0.718. The molecule has 0 fully saturated rings. The Morgan fingerprint density at radius 1 is 1.14 bits per heavy atom. The normalized spacial score (nSPS) is 14.7. The zero-order valence-electron chi connectivity index (χ0n) is 13.3. The maximum absolute atomic E-state index is 2.37. The minimum atomic E-state index is 0. The molecule has 0 bridgehead atoms. The summed E-state index contributed by atoms with van der Waals surface area (Å²) >= 11 is 0. The van der Waals surface area contributed by atoms with Gasteiger partial charge in [0.25, 0.3) is 0 Å².